The van der Waals surface area contributed by atoms with Crippen LogP contribution in [0, 0.1) is 5.92 Å². The zero-order valence-corrected chi connectivity index (χ0v) is 11.8. The minimum Gasteiger partial charge on any atom is -0.396 e. The smallest absolute Gasteiger partial charge is 0.129 e. The fourth-order valence-electron chi connectivity index (χ4n) is 2.60. The van der Waals surface area contributed by atoms with Crippen LogP contribution in [0.4, 0.5) is 5.82 Å². The lowest BCUT2D eigenvalue weighted by molar-refractivity contribution is 0.263. The van der Waals surface area contributed by atoms with Crippen LogP contribution in [0.15, 0.2) is 12.1 Å². The number of aliphatic hydroxyl groups is 2. The molecule has 0 aliphatic carbocycles. The molecule has 4 heteroatoms. The average Bonchev–Trinajstić information content (AvgIpc) is 2.87. The van der Waals surface area contributed by atoms with E-state index in [0.717, 1.165) is 43.0 Å². The molecule has 0 saturated carbocycles. The predicted octanol–water partition coefficient (Wildman–Crippen LogP) is 1.91. The first-order valence-corrected chi connectivity index (χ1v) is 7.11. The molecule has 1 aliphatic rings. The second kappa shape index (κ2) is 6.35. The van der Waals surface area contributed by atoms with Gasteiger partial charge < -0.3 is 15.1 Å². The van der Waals surface area contributed by atoms with Crippen molar-refractivity contribution in [2.45, 2.75) is 39.2 Å². The van der Waals surface area contributed by atoms with E-state index in [1.165, 1.54) is 0 Å². The number of rotatable bonds is 5. The van der Waals surface area contributed by atoms with Crippen LogP contribution in [-0.4, -0.2) is 34.9 Å². The van der Waals surface area contributed by atoms with Crippen LogP contribution in [0.2, 0.25) is 0 Å². The fraction of sp³-hybridized carbons (Fsp3) is 0.667. The van der Waals surface area contributed by atoms with Crippen LogP contribution in [0.25, 0.3) is 0 Å². The minimum atomic E-state index is 0.0587. The second-order valence-electron chi connectivity index (χ2n) is 5.68. The number of hydrogen-bond donors (Lipinski definition) is 2. The molecule has 1 saturated heterocycles. The molecule has 0 spiro atoms. The van der Waals surface area contributed by atoms with Gasteiger partial charge in [0.1, 0.15) is 5.82 Å². The summed E-state index contributed by atoms with van der Waals surface area (Å²) >= 11 is 0. The number of pyridine rings is 1. The summed E-state index contributed by atoms with van der Waals surface area (Å²) in [4.78, 5) is 6.98. The van der Waals surface area contributed by atoms with Gasteiger partial charge >= 0.3 is 0 Å². The third-order valence-corrected chi connectivity index (χ3v) is 3.81. The molecule has 0 amide bonds. The van der Waals surface area contributed by atoms with Crippen molar-refractivity contribution >= 4 is 5.82 Å². The second-order valence-corrected chi connectivity index (χ2v) is 5.68. The van der Waals surface area contributed by atoms with E-state index in [0.29, 0.717) is 11.8 Å². The van der Waals surface area contributed by atoms with Crippen molar-refractivity contribution in [1.29, 1.82) is 0 Å². The lowest BCUT2D eigenvalue weighted by atomic mass is 10.1. The first-order valence-electron chi connectivity index (χ1n) is 7.11. The topological polar surface area (TPSA) is 56.6 Å². The van der Waals surface area contributed by atoms with Crippen LogP contribution in [-0.2, 0) is 6.61 Å². The Bertz CT molecular complexity index is 421. The van der Waals surface area contributed by atoms with E-state index in [4.69, 9.17) is 10.1 Å². The lowest BCUT2D eigenvalue weighted by Gasteiger charge is -2.20. The molecule has 1 aliphatic heterocycles. The van der Waals surface area contributed by atoms with Crippen molar-refractivity contribution < 1.29 is 10.2 Å². The Labute approximate surface area is 115 Å². The highest BCUT2D eigenvalue weighted by Crippen LogP contribution is 2.26. The highest BCUT2D eigenvalue weighted by Gasteiger charge is 2.23. The molecule has 2 N–H and O–H groups in total. The molecule has 19 heavy (non-hydrogen) atoms. The van der Waals surface area contributed by atoms with Crippen molar-refractivity contribution in [3.05, 3.63) is 23.4 Å². The SMILES string of the molecule is CC(C)c1cc(CO)cc(N2CCC(CCO)C2)n1. The Kier molecular flexibility index (Phi) is 4.77. The number of aliphatic hydroxyl groups excluding tert-OH is 2. The summed E-state index contributed by atoms with van der Waals surface area (Å²) in [5.74, 6) is 1.89. The summed E-state index contributed by atoms with van der Waals surface area (Å²) in [7, 11) is 0. The zero-order valence-electron chi connectivity index (χ0n) is 11.8. The summed E-state index contributed by atoms with van der Waals surface area (Å²) in [5.41, 5.74) is 1.96. The van der Waals surface area contributed by atoms with Crippen molar-refractivity contribution in [2.75, 3.05) is 24.6 Å². The van der Waals surface area contributed by atoms with Gasteiger partial charge in [-0.25, -0.2) is 4.98 Å². The molecular formula is C15H24N2O2. The summed E-state index contributed by atoms with van der Waals surface area (Å²) in [6, 6.07) is 3.96. The van der Waals surface area contributed by atoms with Crippen molar-refractivity contribution in [3.8, 4) is 0 Å². The molecule has 0 bridgehead atoms. The van der Waals surface area contributed by atoms with Gasteiger partial charge in [0.25, 0.3) is 0 Å². The van der Waals surface area contributed by atoms with Gasteiger partial charge in [-0.15, -0.1) is 0 Å². The van der Waals surface area contributed by atoms with Gasteiger partial charge in [0.2, 0.25) is 0 Å². The molecule has 0 aromatic carbocycles. The van der Waals surface area contributed by atoms with Gasteiger partial charge in [0.15, 0.2) is 0 Å². The Morgan fingerprint density at radius 3 is 2.79 bits per heavy atom. The van der Waals surface area contributed by atoms with E-state index in [-0.39, 0.29) is 13.2 Å². The molecule has 1 aromatic heterocycles. The van der Waals surface area contributed by atoms with Gasteiger partial charge in [-0.05, 0) is 42.4 Å². The number of nitrogens with zero attached hydrogens (tertiary/aromatic N) is 2. The standard InChI is InChI=1S/C15H24N2O2/c1-11(2)14-7-13(10-19)8-15(16-14)17-5-3-12(9-17)4-6-18/h7-8,11-12,18-19H,3-6,9-10H2,1-2H3. The van der Waals surface area contributed by atoms with Crippen LogP contribution in [0.3, 0.4) is 0 Å². The first kappa shape index (κ1) is 14.3. The van der Waals surface area contributed by atoms with Gasteiger partial charge in [-0.2, -0.15) is 0 Å². The average molecular weight is 264 g/mol. The zero-order chi connectivity index (χ0) is 13.8. The van der Waals surface area contributed by atoms with E-state index in [1.807, 2.05) is 12.1 Å². The van der Waals surface area contributed by atoms with Crippen LogP contribution >= 0.6 is 0 Å². The summed E-state index contributed by atoms with van der Waals surface area (Å²) < 4.78 is 0. The maximum absolute atomic E-state index is 9.37. The van der Waals surface area contributed by atoms with E-state index in [9.17, 15) is 5.11 Å². The molecule has 2 rings (SSSR count). The van der Waals surface area contributed by atoms with Gasteiger partial charge in [0, 0.05) is 25.4 Å². The predicted molar refractivity (Wildman–Crippen MR) is 76.3 cm³/mol. The normalized spacial score (nSPS) is 19.4. The monoisotopic (exact) mass is 264 g/mol. The number of hydrogen-bond acceptors (Lipinski definition) is 4. The van der Waals surface area contributed by atoms with Gasteiger partial charge in [0.05, 0.1) is 6.61 Å². The molecule has 1 atom stereocenters. The maximum atomic E-state index is 9.37. The molecule has 1 aromatic rings. The van der Waals surface area contributed by atoms with Gasteiger partial charge in [-0.3, -0.25) is 0 Å². The molecule has 2 heterocycles. The fourth-order valence-corrected chi connectivity index (χ4v) is 2.60. The maximum Gasteiger partial charge on any atom is 0.129 e. The molecular weight excluding hydrogens is 240 g/mol. The van der Waals surface area contributed by atoms with Crippen molar-refractivity contribution in [1.82, 2.24) is 4.98 Å². The summed E-state index contributed by atoms with van der Waals surface area (Å²) in [6.07, 6.45) is 1.98. The third kappa shape index (κ3) is 3.45. The molecule has 106 valence electrons. The quantitative estimate of drug-likeness (QED) is 0.853. The summed E-state index contributed by atoms with van der Waals surface area (Å²) in [6.45, 7) is 6.50. The Morgan fingerprint density at radius 2 is 2.16 bits per heavy atom. The molecule has 1 fully saturated rings. The highest BCUT2D eigenvalue weighted by molar-refractivity contribution is 5.44. The molecule has 1 unspecified atom stereocenters. The van der Waals surface area contributed by atoms with Crippen LogP contribution in [0.5, 0.6) is 0 Å². The molecule has 4 nitrogen and oxygen atoms in total. The first-order chi connectivity index (χ1) is 9.13. The summed E-state index contributed by atoms with van der Waals surface area (Å²) in [5, 5.41) is 18.4. The van der Waals surface area contributed by atoms with Crippen molar-refractivity contribution in [3.63, 3.8) is 0 Å². The molecule has 0 radical (unpaired) electrons. The highest BCUT2D eigenvalue weighted by atomic mass is 16.3. The van der Waals surface area contributed by atoms with E-state index in [1.54, 1.807) is 0 Å². The Balaban J connectivity index is 2.17. The van der Waals surface area contributed by atoms with Crippen molar-refractivity contribution in [2.24, 2.45) is 5.92 Å². The van der Waals surface area contributed by atoms with E-state index >= 15 is 0 Å². The number of aromatic nitrogens is 1. The van der Waals surface area contributed by atoms with Crippen LogP contribution in [0.1, 0.15) is 43.9 Å². The van der Waals surface area contributed by atoms with Gasteiger partial charge in [-0.1, -0.05) is 13.8 Å². The largest absolute Gasteiger partial charge is 0.396 e. The lowest BCUT2D eigenvalue weighted by Crippen LogP contribution is -2.22. The Morgan fingerprint density at radius 1 is 1.37 bits per heavy atom. The Hall–Kier alpha value is -1.13. The number of anilines is 1. The minimum absolute atomic E-state index is 0.0587. The van der Waals surface area contributed by atoms with E-state index in [2.05, 4.69) is 18.7 Å². The van der Waals surface area contributed by atoms with E-state index < -0.39 is 0 Å². The third-order valence-electron chi connectivity index (χ3n) is 3.81. The van der Waals surface area contributed by atoms with Crippen LogP contribution < -0.4 is 4.90 Å².